The average molecular weight is 1110 g/mol. The predicted molar refractivity (Wildman–Crippen MR) is 288 cm³/mol. The number of benzene rings is 2. The van der Waals surface area contributed by atoms with Gasteiger partial charge in [0, 0.05) is 75.7 Å². The van der Waals surface area contributed by atoms with Crippen molar-refractivity contribution in [3.63, 3.8) is 0 Å². The second-order valence-electron chi connectivity index (χ2n) is 19.8. The summed E-state index contributed by atoms with van der Waals surface area (Å²) in [4.78, 5) is 50.6. The quantitative estimate of drug-likeness (QED) is 0.0482. The van der Waals surface area contributed by atoms with Crippen molar-refractivity contribution in [3.8, 4) is 0 Å². The van der Waals surface area contributed by atoms with Crippen LogP contribution in [0, 0.1) is 5.41 Å². The van der Waals surface area contributed by atoms with Crippen LogP contribution in [0.25, 0.3) is 0 Å². The molecule has 2 saturated heterocycles. The molecular weight excluding hydrogens is 1040 g/mol. The van der Waals surface area contributed by atoms with E-state index in [0.29, 0.717) is 82.8 Å². The standard InChI is InChI=1S/C52H72Cl2N6O8S4/c1-6-8-10-12-30-59(42-26-32-57(33-27-42)71(64,65)46-24-22-44(69-46)36-55-49(61)38-14-18-40(53)19-15-38)48(52(3,4)5)51(63)68-60(31-13-11-9-7-2)43-28-34-58(35-29-43)72(66,67)47-25-23-45(70-47)37-56-50(62)39-16-20-41(54)21-17-39/h14-25,42-43,48H,6-13,26-37H2,1-5H3,(H,55,61)(H,56,62). The van der Waals surface area contributed by atoms with Crippen molar-refractivity contribution in [3.05, 3.63) is 104 Å². The zero-order valence-electron chi connectivity index (χ0n) is 42.2. The Morgan fingerprint density at radius 1 is 0.625 bits per heavy atom. The maximum absolute atomic E-state index is 14.9. The molecule has 14 nitrogen and oxygen atoms in total. The van der Waals surface area contributed by atoms with E-state index in [-0.39, 0.29) is 64.5 Å². The molecule has 4 aromatic rings. The van der Waals surface area contributed by atoms with E-state index in [0.717, 1.165) is 74.0 Å². The zero-order valence-corrected chi connectivity index (χ0v) is 47.0. The fourth-order valence-electron chi connectivity index (χ4n) is 9.36. The van der Waals surface area contributed by atoms with Gasteiger partial charge in [-0.1, -0.05) is 96.3 Å². The van der Waals surface area contributed by atoms with Gasteiger partial charge in [-0.25, -0.2) is 21.6 Å². The number of carbonyl (C=O) groups is 3. The number of thiophene rings is 2. The number of hydroxylamine groups is 2. The number of halogens is 2. The van der Waals surface area contributed by atoms with Crippen LogP contribution < -0.4 is 10.6 Å². The first-order valence-corrected chi connectivity index (χ1v) is 30.6. The maximum Gasteiger partial charge on any atom is 0.342 e. The SMILES string of the molecule is CCCCCCN(OC(=O)C(N(CCCCCC)C1CCN(S(=O)(=O)c2ccc(CNC(=O)c3ccc(Cl)cc3)s2)CC1)C(C)(C)C)C1CCN(S(=O)(=O)c2ccc(CNC(=O)c3ccc(Cl)cc3)s2)CC1. The number of hydrogen-bond acceptors (Lipinski definition) is 12. The number of nitrogens with one attached hydrogen (secondary N) is 2. The summed E-state index contributed by atoms with van der Waals surface area (Å²) in [5.41, 5.74) is 0.382. The fourth-order valence-corrected chi connectivity index (χ4v) is 15.4. The first-order valence-electron chi connectivity index (χ1n) is 25.3. The van der Waals surface area contributed by atoms with Crippen LogP contribution in [0.2, 0.25) is 10.0 Å². The normalized spacial score (nSPS) is 16.3. The lowest BCUT2D eigenvalue weighted by molar-refractivity contribution is -0.216. The minimum Gasteiger partial charge on any atom is -0.366 e. The second kappa shape index (κ2) is 26.9. The van der Waals surface area contributed by atoms with Crippen LogP contribution in [0.4, 0.5) is 0 Å². The molecule has 2 aromatic heterocycles. The van der Waals surface area contributed by atoms with Gasteiger partial charge in [-0.2, -0.15) is 8.61 Å². The summed E-state index contributed by atoms with van der Waals surface area (Å²) in [6.07, 6.45) is 9.96. The number of nitrogens with zero attached hydrogens (tertiary/aromatic N) is 4. The predicted octanol–water partition coefficient (Wildman–Crippen LogP) is 10.6. The van der Waals surface area contributed by atoms with Crippen LogP contribution in [-0.2, 0) is 42.8 Å². The highest BCUT2D eigenvalue weighted by Crippen LogP contribution is 2.35. The molecule has 2 aromatic carbocycles. The van der Waals surface area contributed by atoms with Crippen molar-refractivity contribution < 1.29 is 36.1 Å². The van der Waals surface area contributed by atoms with Crippen LogP contribution in [0.15, 0.2) is 81.2 Å². The molecule has 0 bridgehead atoms. The van der Waals surface area contributed by atoms with Crippen LogP contribution in [-0.4, -0.2) is 111 Å². The highest BCUT2D eigenvalue weighted by atomic mass is 35.5. The van der Waals surface area contributed by atoms with E-state index >= 15 is 0 Å². The van der Waals surface area contributed by atoms with Gasteiger partial charge in [0.1, 0.15) is 14.5 Å². The van der Waals surface area contributed by atoms with E-state index in [1.165, 1.54) is 8.61 Å². The molecule has 20 heteroatoms. The lowest BCUT2D eigenvalue weighted by atomic mass is 9.83. The van der Waals surface area contributed by atoms with Gasteiger partial charge >= 0.3 is 5.97 Å². The fraction of sp³-hybridized carbons (Fsp3) is 0.558. The van der Waals surface area contributed by atoms with Crippen LogP contribution in [0.5, 0.6) is 0 Å². The molecule has 2 amide bonds. The third-order valence-corrected chi connectivity index (χ3v) is 20.7. The summed E-state index contributed by atoms with van der Waals surface area (Å²) in [6.45, 7) is 13.2. The van der Waals surface area contributed by atoms with Crippen molar-refractivity contribution in [2.75, 3.05) is 39.3 Å². The summed E-state index contributed by atoms with van der Waals surface area (Å²) in [6, 6.07) is 18.9. The Kier molecular flexibility index (Phi) is 21.6. The molecule has 4 heterocycles. The van der Waals surface area contributed by atoms with E-state index in [1.807, 2.05) is 5.06 Å². The molecule has 1 unspecified atom stereocenters. The van der Waals surface area contributed by atoms with Gasteiger partial charge in [0.15, 0.2) is 0 Å². The van der Waals surface area contributed by atoms with E-state index in [2.05, 4.69) is 50.2 Å². The van der Waals surface area contributed by atoms with E-state index < -0.39 is 31.5 Å². The first kappa shape index (κ1) is 57.8. The Labute approximate surface area is 445 Å². The van der Waals surface area contributed by atoms with Crippen molar-refractivity contribution in [2.24, 2.45) is 5.41 Å². The van der Waals surface area contributed by atoms with Gasteiger partial charge in [-0.05, 0) is 123 Å². The van der Waals surface area contributed by atoms with Gasteiger partial charge in [-0.3, -0.25) is 14.5 Å². The highest BCUT2D eigenvalue weighted by Gasteiger charge is 2.44. The Hall–Kier alpha value is -3.43. The van der Waals surface area contributed by atoms with E-state index in [4.69, 9.17) is 28.0 Å². The van der Waals surface area contributed by atoms with Crippen molar-refractivity contribution >= 4 is 83.7 Å². The second-order valence-corrected chi connectivity index (χ2v) is 27.3. The molecule has 2 fully saturated rings. The molecule has 0 saturated carbocycles. The number of amides is 2. The summed E-state index contributed by atoms with van der Waals surface area (Å²) in [5, 5.41) is 8.60. The summed E-state index contributed by atoms with van der Waals surface area (Å²) < 4.78 is 59.5. The molecule has 0 spiro atoms. The van der Waals surface area contributed by atoms with Crippen LogP contribution in [0.1, 0.15) is 142 Å². The first-order chi connectivity index (χ1) is 34.3. The third-order valence-electron chi connectivity index (χ3n) is 13.3. The minimum atomic E-state index is -3.81. The number of rotatable bonds is 25. The molecule has 2 N–H and O–H groups in total. The lowest BCUT2D eigenvalue weighted by Gasteiger charge is -2.46. The number of unbranched alkanes of at least 4 members (excludes halogenated alkanes) is 6. The largest absolute Gasteiger partial charge is 0.366 e. The smallest absolute Gasteiger partial charge is 0.342 e. The van der Waals surface area contributed by atoms with Crippen molar-refractivity contribution in [1.29, 1.82) is 0 Å². The topological polar surface area (TPSA) is 166 Å². The van der Waals surface area contributed by atoms with Crippen LogP contribution >= 0.6 is 45.9 Å². The molecular formula is C52H72Cl2N6O8S4. The Morgan fingerprint density at radius 2 is 1.04 bits per heavy atom. The number of carbonyl (C=O) groups excluding carboxylic acids is 3. The third kappa shape index (κ3) is 15.8. The van der Waals surface area contributed by atoms with Crippen LogP contribution in [0.3, 0.4) is 0 Å². The Morgan fingerprint density at radius 3 is 1.46 bits per heavy atom. The molecule has 2 aliphatic heterocycles. The molecule has 2 aliphatic rings. The van der Waals surface area contributed by atoms with Gasteiger partial charge in [-0.15, -0.1) is 27.7 Å². The molecule has 0 radical (unpaired) electrons. The molecule has 1 atom stereocenters. The summed E-state index contributed by atoms with van der Waals surface area (Å²) in [7, 11) is -7.62. The Balaban J connectivity index is 1.10. The molecule has 72 heavy (non-hydrogen) atoms. The number of piperidine rings is 2. The monoisotopic (exact) mass is 1110 g/mol. The van der Waals surface area contributed by atoms with Gasteiger partial charge < -0.3 is 15.5 Å². The summed E-state index contributed by atoms with van der Waals surface area (Å²) >= 11 is 14.2. The lowest BCUT2D eigenvalue weighted by Crippen LogP contribution is -2.58. The number of sulfonamides is 2. The number of hydrogen-bond donors (Lipinski definition) is 2. The minimum absolute atomic E-state index is 0.0687. The van der Waals surface area contributed by atoms with Crippen molar-refractivity contribution in [2.45, 2.75) is 151 Å². The van der Waals surface area contributed by atoms with Gasteiger partial charge in [0.25, 0.3) is 31.9 Å². The maximum atomic E-state index is 14.9. The summed E-state index contributed by atoms with van der Waals surface area (Å²) in [5.74, 6) is -0.905. The molecule has 396 valence electrons. The van der Waals surface area contributed by atoms with Gasteiger partial charge in [0.05, 0.1) is 13.1 Å². The zero-order chi connectivity index (χ0) is 52.1. The average Bonchev–Trinajstić information content (AvgIpc) is 4.06. The van der Waals surface area contributed by atoms with E-state index in [1.54, 1.807) is 72.8 Å². The van der Waals surface area contributed by atoms with Crippen molar-refractivity contribution in [1.82, 2.24) is 29.2 Å². The molecule has 6 rings (SSSR count). The highest BCUT2D eigenvalue weighted by molar-refractivity contribution is 7.91. The van der Waals surface area contributed by atoms with Gasteiger partial charge in [0.2, 0.25) is 0 Å². The molecule has 0 aliphatic carbocycles. The Bertz CT molecular complexity index is 2610. The van der Waals surface area contributed by atoms with E-state index in [9.17, 15) is 31.2 Å².